The zero-order chi connectivity index (χ0) is 57.1. The van der Waals surface area contributed by atoms with Crippen molar-refractivity contribution in [1.29, 1.82) is 0 Å². The molecule has 1 atom stereocenters. The van der Waals surface area contributed by atoms with Crippen LogP contribution in [0, 0.1) is 18.6 Å². The van der Waals surface area contributed by atoms with E-state index < -0.39 is 22.7 Å². The van der Waals surface area contributed by atoms with Crippen LogP contribution < -0.4 is 16.0 Å². The molecular formula is C59H63ClF2N12O6. The van der Waals surface area contributed by atoms with Crippen LogP contribution >= 0.6 is 11.6 Å². The lowest BCUT2D eigenvalue weighted by Gasteiger charge is -2.29. The van der Waals surface area contributed by atoms with Gasteiger partial charge >= 0.3 is 0 Å². The first-order valence-corrected chi connectivity index (χ1v) is 26.8. The SMILES string of the molecule is CC(C)(O)CC(=O)Nc1nc2ccc(Cl)nc2n1-c1ccc(F)cc1.C[C@@](O)(CC(=O)Nc1nc2ccc(C3CCC3)nc2n1C1CCC1)c1ccccc1.Cc1ccc2nc(NC(=O)CC(C)(C)O)n(-c3ccc(F)cc3)c2n1. The average Bonchev–Trinajstić information content (AvgIpc) is 4.18. The maximum Gasteiger partial charge on any atom is 0.229 e. The number of carbonyl (C=O) groups is 3. The van der Waals surface area contributed by atoms with E-state index in [0.717, 1.165) is 41.0 Å². The molecule has 11 rings (SSSR count). The fourth-order valence-electron chi connectivity index (χ4n) is 9.33. The minimum absolute atomic E-state index is 0.0361. The summed E-state index contributed by atoms with van der Waals surface area (Å²) in [6, 6.07) is 32.2. The van der Waals surface area contributed by atoms with Crippen molar-refractivity contribution in [2.24, 2.45) is 0 Å². The van der Waals surface area contributed by atoms with E-state index in [1.165, 1.54) is 63.8 Å². The molecule has 2 aliphatic carbocycles. The molecule has 6 heterocycles. The largest absolute Gasteiger partial charge is 0.390 e. The molecule has 0 radical (unpaired) electrons. The van der Waals surface area contributed by atoms with Crippen molar-refractivity contribution >= 4 is 80.7 Å². The number of carbonyl (C=O) groups excluding carboxylic acids is 3. The normalized spacial score (nSPS) is 14.5. The molecule has 0 saturated heterocycles. The van der Waals surface area contributed by atoms with Crippen LogP contribution in [0.3, 0.4) is 0 Å². The van der Waals surface area contributed by atoms with Gasteiger partial charge in [-0.1, -0.05) is 48.4 Å². The van der Waals surface area contributed by atoms with Crippen LogP contribution in [0.15, 0.2) is 115 Å². The summed E-state index contributed by atoms with van der Waals surface area (Å²) in [4.78, 5) is 64.4. The Morgan fingerprint density at radius 3 is 1.51 bits per heavy atom. The second-order valence-electron chi connectivity index (χ2n) is 21.8. The van der Waals surface area contributed by atoms with Gasteiger partial charge in [0.25, 0.3) is 0 Å². The van der Waals surface area contributed by atoms with Gasteiger partial charge in [0.05, 0.1) is 47.4 Å². The minimum atomic E-state index is -1.24. The van der Waals surface area contributed by atoms with Gasteiger partial charge in [-0.15, -0.1) is 0 Å². The van der Waals surface area contributed by atoms with Crippen LogP contribution in [-0.2, 0) is 20.0 Å². The summed E-state index contributed by atoms with van der Waals surface area (Å²) in [6.07, 6.45) is 6.79. The summed E-state index contributed by atoms with van der Waals surface area (Å²) in [5.74, 6) is -0.185. The molecule has 6 N–H and O–H groups in total. The number of pyridine rings is 3. The van der Waals surface area contributed by atoms with Crippen molar-refractivity contribution in [2.75, 3.05) is 16.0 Å². The third-order valence-electron chi connectivity index (χ3n) is 13.6. The molecule has 9 aromatic rings. The zero-order valence-electron chi connectivity index (χ0n) is 45.2. The molecule has 6 aromatic heterocycles. The Labute approximate surface area is 465 Å². The van der Waals surface area contributed by atoms with Crippen molar-refractivity contribution in [2.45, 2.75) is 128 Å². The summed E-state index contributed by atoms with van der Waals surface area (Å²) in [5.41, 5.74) is 4.12. The number of hydrogen-bond donors (Lipinski definition) is 6. The van der Waals surface area contributed by atoms with Gasteiger partial charge in [0.1, 0.15) is 33.3 Å². The summed E-state index contributed by atoms with van der Waals surface area (Å²) in [7, 11) is 0. The summed E-state index contributed by atoms with van der Waals surface area (Å²) >= 11 is 5.97. The van der Waals surface area contributed by atoms with E-state index in [9.17, 15) is 38.5 Å². The molecule has 0 spiro atoms. The first-order chi connectivity index (χ1) is 38.0. The van der Waals surface area contributed by atoms with E-state index in [2.05, 4.69) is 51.5 Å². The quantitative estimate of drug-likeness (QED) is 0.0558. The first-order valence-electron chi connectivity index (χ1n) is 26.4. The Morgan fingerprint density at radius 1 is 0.550 bits per heavy atom. The van der Waals surface area contributed by atoms with Gasteiger partial charge in [-0.3, -0.25) is 44.0 Å². The lowest BCUT2D eigenvalue weighted by Crippen LogP contribution is -2.30. The van der Waals surface area contributed by atoms with E-state index in [4.69, 9.17) is 16.6 Å². The Kier molecular flexibility index (Phi) is 16.5. The Hall–Kier alpha value is -8.04. The highest BCUT2D eigenvalue weighted by Crippen LogP contribution is 2.40. The van der Waals surface area contributed by atoms with Gasteiger partial charge in [-0.05, 0) is 164 Å². The molecule has 2 aliphatic rings. The summed E-state index contributed by atoms with van der Waals surface area (Å²) in [5, 5.41) is 39.1. The maximum absolute atomic E-state index is 13.3. The molecule has 416 valence electrons. The van der Waals surface area contributed by atoms with Gasteiger partial charge in [0.15, 0.2) is 16.9 Å². The van der Waals surface area contributed by atoms with E-state index in [-0.39, 0.29) is 59.8 Å². The van der Waals surface area contributed by atoms with Crippen LogP contribution in [0.2, 0.25) is 5.15 Å². The van der Waals surface area contributed by atoms with Gasteiger partial charge in [-0.25, -0.2) is 38.7 Å². The standard InChI is InChI=1S/C24H28N4O2.C18H19FN4O2.C17H16ClFN4O2/c1-24(30,17-9-3-2-4-10-17)15-21(29)27-23-26-20-14-13-19(16-7-5-8-16)25-22(20)28(23)18-11-6-12-18;1-11-4-9-14-16(20-11)23(13-7-5-12(19)6-8-13)17(21-14)22-15(24)10-18(2,3)25;1-17(2,25)9-14(24)22-16-20-12-7-8-13(18)21-15(12)23(16)11-5-3-10(19)4-6-11/h2-4,9-10,13-14,16,18,30H,5-8,11-12,15H2,1H3,(H,26,27,29);4-9,25H,10H2,1-3H3,(H,21,22,24);3-8,25H,9H2,1-2H3,(H,20,22,24)/t24-;;/m1../s1. The Morgan fingerprint density at radius 2 is 1.01 bits per heavy atom. The Bertz CT molecular complexity index is 3540. The number of aromatic nitrogens is 9. The second-order valence-corrected chi connectivity index (χ2v) is 22.2. The highest BCUT2D eigenvalue weighted by atomic mass is 35.5. The number of amides is 3. The Balaban J connectivity index is 0.000000146. The number of fused-ring (bicyclic) bond motifs is 3. The number of hydrogen-bond acceptors (Lipinski definition) is 12. The molecule has 3 aromatic carbocycles. The van der Waals surface area contributed by atoms with Gasteiger partial charge in [-0.2, -0.15) is 0 Å². The fourth-order valence-corrected chi connectivity index (χ4v) is 9.47. The van der Waals surface area contributed by atoms with E-state index in [1.54, 1.807) is 66.3 Å². The topological polar surface area (TPSA) is 240 Å². The number of halogens is 3. The van der Waals surface area contributed by atoms with Gasteiger partial charge < -0.3 is 15.3 Å². The number of nitrogens with one attached hydrogen (secondary N) is 3. The van der Waals surface area contributed by atoms with E-state index in [0.29, 0.717) is 51.6 Å². The molecule has 18 nitrogen and oxygen atoms in total. The van der Waals surface area contributed by atoms with Gasteiger partial charge in [0, 0.05) is 23.3 Å². The number of rotatable bonds is 14. The lowest BCUT2D eigenvalue weighted by atomic mass is 9.83. The molecule has 0 bridgehead atoms. The number of nitrogens with zero attached hydrogens (tertiary/aromatic N) is 9. The highest BCUT2D eigenvalue weighted by molar-refractivity contribution is 6.29. The smallest absolute Gasteiger partial charge is 0.229 e. The molecule has 0 unspecified atom stereocenters. The van der Waals surface area contributed by atoms with Crippen molar-refractivity contribution in [1.82, 2.24) is 43.6 Å². The molecule has 3 amide bonds. The zero-order valence-corrected chi connectivity index (χ0v) is 46.0. The van der Waals surface area contributed by atoms with Crippen LogP contribution in [-0.4, -0.2) is 87.8 Å². The van der Waals surface area contributed by atoms with Crippen molar-refractivity contribution in [3.63, 3.8) is 0 Å². The number of aliphatic hydroxyl groups is 3. The van der Waals surface area contributed by atoms with Crippen LogP contribution in [0.4, 0.5) is 26.6 Å². The molecule has 0 aliphatic heterocycles. The highest BCUT2D eigenvalue weighted by Gasteiger charge is 2.31. The molecule has 21 heteroatoms. The summed E-state index contributed by atoms with van der Waals surface area (Å²) in [6.45, 7) is 9.71. The summed E-state index contributed by atoms with van der Waals surface area (Å²) < 4.78 is 31.8. The minimum Gasteiger partial charge on any atom is -0.390 e. The predicted molar refractivity (Wildman–Crippen MR) is 303 cm³/mol. The van der Waals surface area contributed by atoms with Crippen LogP contribution in [0.25, 0.3) is 44.9 Å². The number of anilines is 3. The third kappa shape index (κ3) is 13.7. The molecule has 2 fully saturated rings. The maximum atomic E-state index is 13.3. The number of imidazole rings is 3. The fraction of sp³-hybridized carbons (Fsp3) is 0.339. The molecule has 2 saturated carbocycles. The van der Waals surface area contributed by atoms with E-state index >= 15 is 0 Å². The number of benzene rings is 3. The van der Waals surface area contributed by atoms with Crippen LogP contribution in [0.1, 0.15) is 121 Å². The molecule has 80 heavy (non-hydrogen) atoms. The first kappa shape index (κ1) is 56.7. The lowest BCUT2D eigenvalue weighted by molar-refractivity contribution is -0.121. The van der Waals surface area contributed by atoms with E-state index in [1.807, 2.05) is 55.5 Å². The van der Waals surface area contributed by atoms with Crippen LogP contribution in [0.5, 0.6) is 0 Å². The predicted octanol–water partition coefficient (Wildman–Crippen LogP) is 10.9. The van der Waals surface area contributed by atoms with Crippen molar-refractivity contribution in [3.05, 3.63) is 149 Å². The second kappa shape index (κ2) is 23.3. The monoisotopic (exact) mass is 1110 g/mol. The third-order valence-corrected chi connectivity index (χ3v) is 13.9. The number of aryl methyl sites for hydroxylation is 1. The average molecular weight is 1110 g/mol. The molecular weight excluding hydrogens is 1050 g/mol. The van der Waals surface area contributed by atoms with Gasteiger partial charge in [0.2, 0.25) is 35.6 Å². The van der Waals surface area contributed by atoms with Crippen molar-refractivity contribution < 1.29 is 38.5 Å². The van der Waals surface area contributed by atoms with Crippen molar-refractivity contribution in [3.8, 4) is 11.4 Å².